The molecule has 37 heavy (non-hydrogen) atoms. The van der Waals surface area contributed by atoms with Gasteiger partial charge in [0.05, 0.1) is 18.1 Å². The van der Waals surface area contributed by atoms with E-state index in [1.165, 1.54) is 0 Å². The molecule has 3 heterocycles. The van der Waals surface area contributed by atoms with Crippen LogP contribution in [0.1, 0.15) is 16.9 Å². The van der Waals surface area contributed by atoms with Crippen molar-refractivity contribution < 1.29 is 14.3 Å². The number of likely N-dealkylation sites (tertiary alicyclic amines) is 1. The number of carbonyl (C=O) groups excluding carboxylic acids is 1. The molecular weight excluding hydrogens is 492 g/mol. The van der Waals surface area contributed by atoms with Crippen LogP contribution in [-0.4, -0.2) is 64.7 Å². The predicted octanol–water partition coefficient (Wildman–Crippen LogP) is 4.26. The van der Waals surface area contributed by atoms with Crippen molar-refractivity contribution in [3.63, 3.8) is 0 Å². The van der Waals surface area contributed by atoms with Crippen LogP contribution in [0.15, 0.2) is 60.8 Å². The standard InChI is InChI=1S/C27H29ClN6O3/c1-33-23-16-24(36-2)25(15-22(23)32-27(33)31-19-8-6-18(28)7-9-19)37-20-10-13-34(17-20)14-12-30-26(35)21-5-3-4-11-29-21/h3-9,11,15-16,20H,10,12-14,17H2,1-2H3,(H,30,35)(H,31,32). The number of carbonyl (C=O) groups is 1. The van der Waals surface area contributed by atoms with E-state index in [9.17, 15) is 4.79 Å². The lowest BCUT2D eigenvalue weighted by atomic mass is 10.2. The number of ether oxygens (including phenoxy) is 2. The van der Waals surface area contributed by atoms with E-state index in [1.54, 1.807) is 31.5 Å². The summed E-state index contributed by atoms with van der Waals surface area (Å²) in [4.78, 5) is 23.3. The summed E-state index contributed by atoms with van der Waals surface area (Å²) in [6, 6.07) is 16.7. The molecule has 0 aliphatic carbocycles. The lowest BCUT2D eigenvalue weighted by Crippen LogP contribution is -2.35. The van der Waals surface area contributed by atoms with Crippen molar-refractivity contribution >= 4 is 40.2 Å². The summed E-state index contributed by atoms with van der Waals surface area (Å²) in [5.41, 5.74) is 3.06. The number of hydrogen-bond donors (Lipinski definition) is 2. The van der Waals surface area contributed by atoms with Gasteiger partial charge in [-0.25, -0.2) is 4.98 Å². The number of rotatable bonds is 9. The largest absolute Gasteiger partial charge is 0.493 e. The summed E-state index contributed by atoms with van der Waals surface area (Å²) in [7, 11) is 3.59. The fraction of sp³-hybridized carbons (Fsp3) is 0.296. The minimum atomic E-state index is -0.161. The van der Waals surface area contributed by atoms with Gasteiger partial charge < -0.3 is 24.7 Å². The van der Waals surface area contributed by atoms with Gasteiger partial charge in [-0.1, -0.05) is 17.7 Å². The van der Waals surface area contributed by atoms with E-state index in [4.69, 9.17) is 26.1 Å². The lowest BCUT2D eigenvalue weighted by Gasteiger charge is -2.18. The zero-order valence-corrected chi connectivity index (χ0v) is 21.5. The molecule has 0 saturated carbocycles. The second-order valence-corrected chi connectivity index (χ2v) is 9.35. The molecule has 5 rings (SSSR count). The van der Waals surface area contributed by atoms with Crippen molar-refractivity contribution in [3.8, 4) is 11.5 Å². The smallest absolute Gasteiger partial charge is 0.269 e. The van der Waals surface area contributed by atoms with Crippen LogP contribution in [0.25, 0.3) is 11.0 Å². The molecule has 0 spiro atoms. The minimum Gasteiger partial charge on any atom is -0.493 e. The highest BCUT2D eigenvalue weighted by molar-refractivity contribution is 6.30. The van der Waals surface area contributed by atoms with E-state index < -0.39 is 0 Å². The Morgan fingerprint density at radius 2 is 2.00 bits per heavy atom. The number of aryl methyl sites for hydroxylation is 1. The van der Waals surface area contributed by atoms with Crippen LogP contribution in [-0.2, 0) is 7.05 Å². The summed E-state index contributed by atoms with van der Waals surface area (Å²) >= 11 is 6.00. The number of nitrogens with zero attached hydrogens (tertiary/aromatic N) is 4. The molecule has 1 aliphatic heterocycles. The van der Waals surface area contributed by atoms with Crippen molar-refractivity contribution in [3.05, 3.63) is 71.5 Å². The SMILES string of the molecule is COc1cc2c(cc1OC1CCN(CCNC(=O)c3ccccn3)C1)nc(Nc1ccc(Cl)cc1)n2C. The highest BCUT2D eigenvalue weighted by atomic mass is 35.5. The van der Waals surface area contributed by atoms with Crippen molar-refractivity contribution in [2.45, 2.75) is 12.5 Å². The predicted molar refractivity (Wildman–Crippen MR) is 144 cm³/mol. The number of hydrogen-bond acceptors (Lipinski definition) is 7. The Morgan fingerprint density at radius 1 is 1.16 bits per heavy atom. The van der Waals surface area contributed by atoms with Crippen LogP contribution in [0.2, 0.25) is 5.02 Å². The number of methoxy groups -OCH3 is 1. The number of amides is 1. The van der Waals surface area contributed by atoms with E-state index in [-0.39, 0.29) is 12.0 Å². The third-order valence-electron chi connectivity index (χ3n) is 6.40. The molecule has 1 saturated heterocycles. The molecule has 4 aromatic rings. The Hall–Kier alpha value is -3.82. The molecule has 1 fully saturated rings. The number of anilines is 2. The van der Waals surface area contributed by atoms with Gasteiger partial charge in [-0.3, -0.25) is 14.7 Å². The topological polar surface area (TPSA) is 93.5 Å². The first kappa shape index (κ1) is 24.9. The van der Waals surface area contributed by atoms with Crippen LogP contribution in [0.4, 0.5) is 11.6 Å². The molecule has 1 amide bonds. The van der Waals surface area contributed by atoms with E-state index >= 15 is 0 Å². The Kier molecular flexibility index (Phi) is 7.43. The van der Waals surface area contributed by atoms with Gasteiger partial charge in [-0.15, -0.1) is 0 Å². The maximum absolute atomic E-state index is 12.2. The second-order valence-electron chi connectivity index (χ2n) is 8.92. The number of halogens is 1. The number of nitrogens with one attached hydrogen (secondary N) is 2. The Balaban J connectivity index is 1.21. The first-order valence-corrected chi connectivity index (χ1v) is 12.5. The van der Waals surface area contributed by atoms with Crippen molar-refractivity contribution in [1.82, 2.24) is 24.8 Å². The van der Waals surface area contributed by atoms with Crippen molar-refractivity contribution in [1.29, 1.82) is 0 Å². The van der Waals surface area contributed by atoms with Crippen molar-refractivity contribution in [2.24, 2.45) is 7.05 Å². The molecule has 1 unspecified atom stereocenters. The number of pyridine rings is 1. The van der Waals surface area contributed by atoms with Gasteiger partial charge in [0.2, 0.25) is 5.95 Å². The van der Waals surface area contributed by atoms with Gasteiger partial charge in [0.15, 0.2) is 11.5 Å². The maximum atomic E-state index is 12.2. The van der Waals surface area contributed by atoms with E-state index in [0.717, 1.165) is 42.8 Å². The molecule has 0 radical (unpaired) electrons. The van der Waals surface area contributed by atoms with Gasteiger partial charge >= 0.3 is 0 Å². The molecular formula is C27H29ClN6O3. The van der Waals surface area contributed by atoms with Crippen molar-refractivity contribution in [2.75, 3.05) is 38.6 Å². The first-order chi connectivity index (χ1) is 18.0. The molecule has 0 bridgehead atoms. The third-order valence-corrected chi connectivity index (χ3v) is 6.65. The Morgan fingerprint density at radius 3 is 2.76 bits per heavy atom. The molecule has 2 N–H and O–H groups in total. The zero-order valence-electron chi connectivity index (χ0n) is 20.8. The van der Waals surface area contributed by atoms with Crippen LogP contribution >= 0.6 is 11.6 Å². The molecule has 2 aromatic carbocycles. The lowest BCUT2D eigenvalue weighted by molar-refractivity contribution is 0.0944. The van der Waals surface area contributed by atoms with E-state index in [0.29, 0.717) is 34.7 Å². The normalized spacial score (nSPS) is 15.6. The first-order valence-electron chi connectivity index (χ1n) is 12.2. The fourth-order valence-corrected chi connectivity index (χ4v) is 4.54. The average Bonchev–Trinajstić information content (AvgIpc) is 3.48. The summed E-state index contributed by atoms with van der Waals surface area (Å²) in [6.45, 7) is 2.96. The molecule has 9 nitrogen and oxygen atoms in total. The minimum absolute atomic E-state index is 0.0215. The molecule has 2 aromatic heterocycles. The number of aromatic nitrogens is 3. The summed E-state index contributed by atoms with van der Waals surface area (Å²) in [5.74, 6) is 1.87. The van der Waals surface area contributed by atoms with Gasteiger partial charge in [-0.2, -0.15) is 0 Å². The van der Waals surface area contributed by atoms with Crippen LogP contribution in [0.5, 0.6) is 11.5 Å². The Bertz CT molecular complexity index is 1380. The highest BCUT2D eigenvalue weighted by Gasteiger charge is 2.25. The quantitative estimate of drug-likeness (QED) is 0.340. The van der Waals surface area contributed by atoms with E-state index in [1.807, 2.05) is 48.0 Å². The highest BCUT2D eigenvalue weighted by Crippen LogP contribution is 2.35. The number of fused-ring (bicyclic) bond motifs is 1. The van der Waals surface area contributed by atoms with Gasteiger partial charge in [0.25, 0.3) is 5.91 Å². The van der Waals surface area contributed by atoms with Crippen LogP contribution < -0.4 is 20.1 Å². The van der Waals surface area contributed by atoms with Gasteiger partial charge in [0, 0.05) is 62.3 Å². The van der Waals surface area contributed by atoms with Crippen LogP contribution in [0.3, 0.4) is 0 Å². The van der Waals surface area contributed by atoms with Gasteiger partial charge in [-0.05, 0) is 42.8 Å². The number of imidazole rings is 1. The summed E-state index contributed by atoms with van der Waals surface area (Å²) in [5, 5.41) is 6.95. The van der Waals surface area contributed by atoms with Gasteiger partial charge in [0.1, 0.15) is 11.8 Å². The molecule has 1 atom stereocenters. The molecule has 192 valence electrons. The number of benzene rings is 2. The summed E-state index contributed by atoms with van der Waals surface area (Å²) < 4.78 is 14.0. The molecule has 1 aliphatic rings. The average molecular weight is 521 g/mol. The fourth-order valence-electron chi connectivity index (χ4n) is 4.42. The summed E-state index contributed by atoms with van der Waals surface area (Å²) in [6.07, 6.45) is 2.53. The maximum Gasteiger partial charge on any atom is 0.269 e. The Labute approximate surface area is 220 Å². The zero-order chi connectivity index (χ0) is 25.8. The third kappa shape index (κ3) is 5.79. The van der Waals surface area contributed by atoms with Crippen LogP contribution in [0, 0.1) is 0 Å². The molecule has 10 heteroatoms. The second kappa shape index (κ2) is 11.1. The monoisotopic (exact) mass is 520 g/mol. The van der Waals surface area contributed by atoms with E-state index in [2.05, 4.69) is 20.5 Å².